The van der Waals surface area contributed by atoms with Gasteiger partial charge in [0.2, 0.25) is 0 Å². The minimum Gasteiger partial charge on any atom is -0.370 e. The van der Waals surface area contributed by atoms with Crippen molar-refractivity contribution >= 4 is 36.0 Å². The predicted octanol–water partition coefficient (Wildman–Crippen LogP) is 4.10. The van der Waals surface area contributed by atoms with Gasteiger partial charge in [0.1, 0.15) is 0 Å². The fourth-order valence-electron chi connectivity index (χ4n) is 2.80. The Morgan fingerprint density at radius 3 is 1.75 bits per heavy atom. The number of nitrogens with zero attached hydrogens (tertiary/aromatic N) is 3. The largest absolute Gasteiger partial charge is 0.370 e. The van der Waals surface area contributed by atoms with Crippen molar-refractivity contribution in [2.45, 2.75) is 79.6 Å². The molecule has 0 unspecified atom stereocenters. The Labute approximate surface area is 182 Å². The van der Waals surface area contributed by atoms with Crippen LogP contribution in [0.3, 0.4) is 0 Å². The summed E-state index contributed by atoms with van der Waals surface area (Å²) in [4.78, 5) is 3.96. The van der Waals surface area contributed by atoms with Crippen LogP contribution in [0.4, 0.5) is 0 Å². The van der Waals surface area contributed by atoms with Gasteiger partial charge in [-0.25, -0.2) is 9.34 Å². The Hall–Kier alpha value is 0.240. The molecule has 0 heterocycles. The standard InChI is InChI=1S/C18H42N5O2PS2/c1-14(2)22(15(3)4)26(23(16(5)6)17(7)8)25-13-24-10-12-28-27-11-9-21-18(19)20/h14-17H,9-13H2,1-8H3,(H4,19,20,21). The minimum atomic E-state index is -0.893. The molecular weight excluding hydrogens is 413 g/mol. The molecule has 0 aliphatic rings. The molecule has 0 aromatic rings. The van der Waals surface area contributed by atoms with Gasteiger partial charge in [-0.05, 0) is 55.4 Å². The van der Waals surface area contributed by atoms with E-state index in [4.69, 9.17) is 20.7 Å². The molecule has 7 nitrogen and oxygen atoms in total. The van der Waals surface area contributed by atoms with E-state index in [1.54, 1.807) is 21.6 Å². The van der Waals surface area contributed by atoms with Crippen molar-refractivity contribution in [2.24, 2.45) is 16.5 Å². The van der Waals surface area contributed by atoms with Crippen molar-refractivity contribution in [2.75, 3.05) is 31.5 Å². The van der Waals surface area contributed by atoms with Crippen LogP contribution in [0.25, 0.3) is 0 Å². The van der Waals surface area contributed by atoms with Gasteiger partial charge in [0, 0.05) is 35.7 Å². The number of guanidine groups is 1. The zero-order valence-corrected chi connectivity index (χ0v) is 21.4. The van der Waals surface area contributed by atoms with Crippen LogP contribution in [0.2, 0.25) is 0 Å². The summed E-state index contributed by atoms with van der Waals surface area (Å²) in [7, 11) is 2.62. The van der Waals surface area contributed by atoms with E-state index in [9.17, 15) is 0 Å². The highest BCUT2D eigenvalue weighted by Gasteiger charge is 2.34. The molecule has 0 aromatic heterocycles. The topological polar surface area (TPSA) is 89.3 Å². The third-order valence-corrected chi connectivity index (χ3v) is 8.95. The maximum atomic E-state index is 6.32. The molecule has 0 saturated carbocycles. The number of hydrogen-bond acceptors (Lipinski definition) is 7. The van der Waals surface area contributed by atoms with Gasteiger partial charge in [-0.2, -0.15) is 0 Å². The Morgan fingerprint density at radius 1 is 0.857 bits per heavy atom. The molecule has 28 heavy (non-hydrogen) atoms. The van der Waals surface area contributed by atoms with Crippen LogP contribution >= 0.6 is 30.0 Å². The smallest absolute Gasteiger partial charge is 0.191 e. The number of ether oxygens (including phenoxy) is 1. The molecule has 0 atom stereocenters. The van der Waals surface area contributed by atoms with Gasteiger partial charge >= 0.3 is 0 Å². The first kappa shape index (κ1) is 28.2. The second-order valence-corrected chi connectivity index (χ2v) is 11.9. The normalized spacial score (nSPS) is 12.5. The number of rotatable bonds is 16. The van der Waals surface area contributed by atoms with E-state index >= 15 is 0 Å². The molecule has 0 fully saturated rings. The van der Waals surface area contributed by atoms with Crippen LogP contribution in [-0.2, 0) is 9.26 Å². The van der Waals surface area contributed by atoms with Crippen molar-refractivity contribution in [1.29, 1.82) is 0 Å². The van der Waals surface area contributed by atoms with Gasteiger partial charge in [0.05, 0.1) is 13.2 Å². The van der Waals surface area contributed by atoms with Gasteiger partial charge in [-0.15, -0.1) is 0 Å². The number of hydrogen-bond donors (Lipinski definition) is 2. The van der Waals surface area contributed by atoms with Gasteiger partial charge < -0.3 is 20.7 Å². The molecule has 0 aliphatic heterocycles. The molecule has 168 valence electrons. The van der Waals surface area contributed by atoms with Crippen molar-refractivity contribution in [3.8, 4) is 0 Å². The Morgan fingerprint density at radius 2 is 1.32 bits per heavy atom. The monoisotopic (exact) mass is 455 g/mol. The molecule has 0 aliphatic carbocycles. The summed E-state index contributed by atoms with van der Waals surface area (Å²) in [6, 6.07) is 1.62. The third-order valence-electron chi connectivity index (χ3n) is 3.63. The van der Waals surface area contributed by atoms with Gasteiger partial charge in [0.15, 0.2) is 21.2 Å². The van der Waals surface area contributed by atoms with E-state index in [1.165, 1.54) is 0 Å². The van der Waals surface area contributed by atoms with Crippen LogP contribution in [0.5, 0.6) is 0 Å². The lowest BCUT2D eigenvalue weighted by molar-refractivity contribution is 0.0155. The second kappa shape index (κ2) is 16.0. The maximum Gasteiger partial charge on any atom is 0.191 e. The van der Waals surface area contributed by atoms with E-state index < -0.39 is 8.45 Å². The van der Waals surface area contributed by atoms with Crippen molar-refractivity contribution in [1.82, 2.24) is 9.34 Å². The molecule has 10 heteroatoms. The molecule has 0 bridgehead atoms. The maximum absolute atomic E-state index is 6.32. The minimum absolute atomic E-state index is 0.149. The van der Waals surface area contributed by atoms with Gasteiger partial charge in [0.25, 0.3) is 0 Å². The van der Waals surface area contributed by atoms with Gasteiger partial charge in [-0.3, -0.25) is 4.99 Å². The molecule has 0 spiro atoms. The SMILES string of the molecule is CC(C)N(C(C)C)P(OCOCCSSCCN=C(N)N)N(C(C)C)C(C)C. The molecule has 0 saturated heterocycles. The summed E-state index contributed by atoms with van der Waals surface area (Å²) in [5, 5.41) is 0. The zero-order chi connectivity index (χ0) is 21.7. The summed E-state index contributed by atoms with van der Waals surface area (Å²) in [6.07, 6.45) is 0. The fraction of sp³-hybridized carbons (Fsp3) is 0.944. The van der Waals surface area contributed by atoms with Crippen LogP contribution in [-0.4, -0.2) is 70.9 Å². The van der Waals surface area contributed by atoms with Crippen LogP contribution in [0.15, 0.2) is 4.99 Å². The Bertz CT molecular complexity index is 389. The molecule has 0 rings (SSSR count). The van der Waals surface area contributed by atoms with E-state index in [1.807, 2.05) is 0 Å². The van der Waals surface area contributed by atoms with Crippen molar-refractivity contribution in [3.63, 3.8) is 0 Å². The lowest BCUT2D eigenvalue weighted by atomic mass is 10.3. The average molecular weight is 456 g/mol. The first-order chi connectivity index (χ1) is 13.1. The van der Waals surface area contributed by atoms with Crippen molar-refractivity contribution < 1.29 is 9.26 Å². The van der Waals surface area contributed by atoms with E-state index in [0.29, 0.717) is 44.1 Å². The number of aliphatic imine (C=N–C) groups is 1. The molecule has 0 aromatic carbocycles. The summed E-state index contributed by atoms with van der Waals surface area (Å²) in [5.74, 6) is 1.94. The second-order valence-electron chi connectivity index (χ2n) is 7.49. The average Bonchev–Trinajstić information content (AvgIpc) is 2.54. The predicted molar refractivity (Wildman–Crippen MR) is 129 cm³/mol. The first-order valence-corrected chi connectivity index (χ1v) is 13.6. The van der Waals surface area contributed by atoms with E-state index in [0.717, 1.165) is 11.5 Å². The lowest BCUT2D eigenvalue weighted by Gasteiger charge is -2.45. The van der Waals surface area contributed by atoms with Crippen LogP contribution < -0.4 is 11.5 Å². The highest BCUT2D eigenvalue weighted by atomic mass is 33.1. The Kier molecular flexibility index (Phi) is 16.1. The van der Waals surface area contributed by atoms with E-state index in [-0.39, 0.29) is 5.96 Å². The highest BCUT2D eigenvalue weighted by Crippen LogP contribution is 2.50. The summed E-state index contributed by atoms with van der Waals surface area (Å²) < 4.78 is 17.0. The zero-order valence-electron chi connectivity index (χ0n) is 18.9. The molecule has 0 amide bonds. The third kappa shape index (κ3) is 12.1. The molecule has 0 radical (unpaired) electrons. The first-order valence-electron chi connectivity index (χ1n) is 9.96. The fourth-order valence-corrected chi connectivity index (χ4v) is 6.78. The van der Waals surface area contributed by atoms with Crippen molar-refractivity contribution in [3.05, 3.63) is 0 Å². The quantitative estimate of drug-likeness (QED) is 0.0898. The highest BCUT2D eigenvalue weighted by molar-refractivity contribution is 8.76. The molecular formula is C18H42N5O2PS2. The van der Waals surface area contributed by atoms with Crippen LogP contribution in [0.1, 0.15) is 55.4 Å². The number of nitrogens with two attached hydrogens (primary N) is 2. The van der Waals surface area contributed by atoms with E-state index in [2.05, 4.69) is 69.7 Å². The Balaban J connectivity index is 4.48. The lowest BCUT2D eigenvalue weighted by Crippen LogP contribution is -2.43. The summed E-state index contributed by atoms with van der Waals surface area (Å²) >= 11 is 0. The van der Waals surface area contributed by atoms with Gasteiger partial charge in [-0.1, -0.05) is 21.6 Å². The molecule has 4 N–H and O–H groups in total. The summed E-state index contributed by atoms with van der Waals surface area (Å²) in [5.41, 5.74) is 10.6. The van der Waals surface area contributed by atoms with Crippen LogP contribution in [0, 0.1) is 0 Å². The summed E-state index contributed by atoms with van der Waals surface area (Å²) in [6.45, 7) is 19.5.